The number of halogens is 3. The van der Waals surface area contributed by atoms with Gasteiger partial charge in [-0.3, -0.25) is 4.98 Å². The summed E-state index contributed by atoms with van der Waals surface area (Å²) in [5.41, 5.74) is 2.11. The Morgan fingerprint density at radius 2 is 2.00 bits per heavy atom. The highest BCUT2D eigenvalue weighted by atomic mass is 79.9. The molecule has 0 spiro atoms. The van der Waals surface area contributed by atoms with Gasteiger partial charge in [-0.1, -0.05) is 27.5 Å². The van der Waals surface area contributed by atoms with Gasteiger partial charge in [0.25, 0.3) is 0 Å². The Labute approximate surface area is 104 Å². The molecule has 0 radical (unpaired) electrons. The molecule has 0 atom stereocenters. The van der Waals surface area contributed by atoms with Crippen LogP contribution in [-0.2, 0) is 0 Å². The first-order valence-electron chi connectivity index (χ1n) is 3.99. The highest BCUT2D eigenvalue weighted by molar-refractivity contribution is 9.11. The van der Waals surface area contributed by atoms with Crippen molar-refractivity contribution in [3.05, 3.63) is 37.9 Å². The van der Waals surface area contributed by atoms with Crippen LogP contribution >= 0.6 is 43.5 Å². The molecular formula is C10H6Br2ClN. The van der Waals surface area contributed by atoms with Crippen molar-refractivity contribution in [2.45, 2.75) is 6.92 Å². The molecule has 0 saturated carbocycles. The summed E-state index contributed by atoms with van der Waals surface area (Å²) < 4.78 is 1.93. The first kappa shape index (κ1) is 10.4. The average molecular weight is 335 g/mol. The Bertz CT molecular complexity index is 511. The van der Waals surface area contributed by atoms with Gasteiger partial charge in [0, 0.05) is 20.5 Å². The SMILES string of the molecule is Cc1cc(Br)cc2c(Br)c(Cl)cnc12. The minimum absolute atomic E-state index is 0.634. The number of hydrogen-bond acceptors (Lipinski definition) is 1. The lowest BCUT2D eigenvalue weighted by molar-refractivity contribution is 1.35. The monoisotopic (exact) mass is 333 g/mol. The summed E-state index contributed by atoms with van der Waals surface area (Å²) >= 11 is 12.9. The summed E-state index contributed by atoms with van der Waals surface area (Å²) in [5, 5.41) is 1.67. The van der Waals surface area contributed by atoms with Crippen molar-refractivity contribution in [3.8, 4) is 0 Å². The van der Waals surface area contributed by atoms with Crippen molar-refractivity contribution in [1.29, 1.82) is 0 Å². The maximum Gasteiger partial charge on any atom is 0.0744 e. The highest BCUT2D eigenvalue weighted by Gasteiger charge is 2.07. The molecule has 2 rings (SSSR count). The number of fused-ring (bicyclic) bond motifs is 1. The zero-order valence-electron chi connectivity index (χ0n) is 7.31. The van der Waals surface area contributed by atoms with Crippen LogP contribution < -0.4 is 0 Å². The van der Waals surface area contributed by atoms with Gasteiger partial charge in [0.2, 0.25) is 0 Å². The number of pyridine rings is 1. The number of aromatic nitrogens is 1. The second kappa shape index (κ2) is 3.80. The van der Waals surface area contributed by atoms with E-state index in [1.165, 1.54) is 0 Å². The maximum atomic E-state index is 5.97. The van der Waals surface area contributed by atoms with Crippen LogP contribution in [0, 0.1) is 6.92 Å². The average Bonchev–Trinajstić information content (AvgIpc) is 2.12. The lowest BCUT2D eigenvalue weighted by Gasteiger charge is -2.05. The predicted molar refractivity (Wildman–Crippen MR) is 66.9 cm³/mol. The Morgan fingerprint density at radius 3 is 2.71 bits per heavy atom. The summed E-state index contributed by atoms with van der Waals surface area (Å²) in [5.74, 6) is 0. The molecule has 0 saturated heterocycles. The largest absolute Gasteiger partial charge is 0.254 e. The third kappa shape index (κ3) is 1.69. The fourth-order valence-electron chi connectivity index (χ4n) is 1.38. The molecule has 0 aliphatic heterocycles. The number of hydrogen-bond donors (Lipinski definition) is 0. The summed E-state index contributed by atoms with van der Waals surface area (Å²) in [6.45, 7) is 2.03. The van der Waals surface area contributed by atoms with Crippen LogP contribution in [-0.4, -0.2) is 4.98 Å². The summed E-state index contributed by atoms with van der Waals surface area (Å²) in [6.07, 6.45) is 1.66. The number of nitrogens with zero attached hydrogens (tertiary/aromatic N) is 1. The Balaban J connectivity index is 2.95. The van der Waals surface area contributed by atoms with E-state index in [1.807, 2.05) is 19.1 Å². The first-order chi connectivity index (χ1) is 6.59. The topological polar surface area (TPSA) is 12.9 Å². The van der Waals surface area contributed by atoms with Crippen LogP contribution in [0.1, 0.15) is 5.56 Å². The van der Waals surface area contributed by atoms with Crippen LogP contribution in [0.5, 0.6) is 0 Å². The van der Waals surface area contributed by atoms with Crippen molar-refractivity contribution in [2.24, 2.45) is 0 Å². The van der Waals surface area contributed by atoms with Gasteiger partial charge in [0.1, 0.15) is 0 Å². The van der Waals surface area contributed by atoms with Gasteiger partial charge in [-0.25, -0.2) is 0 Å². The standard InChI is InChI=1S/C10H6Br2ClN/c1-5-2-6(11)3-7-9(12)8(13)4-14-10(5)7/h2-4H,1H3. The number of aryl methyl sites for hydroxylation is 1. The van der Waals surface area contributed by atoms with Gasteiger partial charge in [-0.2, -0.15) is 0 Å². The minimum atomic E-state index is 0.634. The first-order valence-corrected chi connectivity index (χ1v) is 5.96. The Kier molecular flexibility index (Phi) is 2.82. The fourth-order valence-corrected chi connectivity index (χ4v) is 2.51. The molecule has 0 amide bonds. The molecule has 1 aromatic carbocycles. The van der Waals surface area contributed by atoms with E-state index in [1.54, 1.807) is 6.20 Å². The molecule has 72 valence electrons. The Hall–Kier alpha value is -0.120. The van der Waals surface area contributed by atoms with Gasteiger partial charge in [0.05, 0.1) is 10.5 Å². The predicted octanol–water partition coefficient (Wildman–Crippen LogP) is 4.72. The van der Waals surface area contributed by atoms with E-state index in [-0.39, 0.29) is 0 Å². The van der Waals surface area contributed by atoms with E-state index in [0.29, 0.717) is 5.02 Å². The zero-order valence-corrected chi connectivity index (χ0v) is 11.2. The number of rotatable bonds is 0. The molecule has 0 unspecified atom stereocenters. The van der Waals surface area contributed by atoms with E-state index in [4.69, 9.17) is 11.6 Å². The van der Waals surface area contributed by atoms with Crippen molar-refractivity contribution in [3.63, 3.8) is 0 Å². The van der Waals surface area contributed by atoms with Crippen molar-refractivity contribution >= 4 is 54.4 Å². The van der Waals surface area contributed by atoms with E-state index in [9.17, 15) is 0 Å². The van der Waals surface area contributed by atoms with Crippen molar-refractivity contribution in [1.82, 2.24) is 4.98 Å². The van der Waals surface area contributed by atoms with Crippen LogP contribution in [0.25, 0.3) is 10.9 Å². The quantitative estimate of drug-likeness (QED) is 0.679. The summed E-state index contributed by atoms with van der Waals surface area (Å²) in [7, 11) is 0. The van der Waals surface area contributed by atoms with Crippen LogP contribution in [0.3, 0.4) is 0 Å². The second-order valence-corrected chi connectivity index (χ2v) is 5.15. The molecule has 0 bridgehead atoms. The molecule has 1 heterocycles. The molecule has 4 heteroatoms. The highest BCUT2D eigenvalue weighted by Crippen LogP contribution is 2.32. The molecule has 0 aliphatic carbocycles. The molecule has 1 nitrogen and oxygen atoms in total. The molecule has 0 N–H and O–H groups in total. The molecule has 14 heavy (non-hydrogen) atoms. The maximum absolute atomic E-state index is 5.97. The van der Waals surface area contributed by atoms with Gasteiger partial charge in [0.15, 0.2) is 0 Å². The molecule has 1 aromatic heterocycles. The van der Waals surface area contributed by atoms with E-state index in [0.717, 1.165) is 25.4 Å². The number of benzene rings is 1. The van der Waals surface area contributed by atoms with Crippen LogP contribution in [0.4, 0.5) is 0 Å². The summed E-state index contributed by atoms with van der Waals surface area (Å²) in [6, 6.07) is 4.04. The van der Waals surface area contributed by atoms with Gasteiger partial charge >= 0.3 is 0 Å². The molecular weight excluding hydrogens is 329 g/mol. The van der Waals surface area contributed by atoms with Gasteiger partial charge in [-0.15, -0.1) is 0 Å². The van der Waals surface area contributed by atoms with Gasteiger partial charge < -0.3 is 0 Å². The van der Waals surface area contributed by atoms with E-state index < -0.39 is 0 Å². The third-order valence-electron chi connectivity index (χ3n) is 2.02. The minimum Gasteiger partial charge on any atom is -0.254 e. The molecule has 2 aromatic rings. The molecule has 0 fully saturated rings. The van der Waals surface area contributed by atoms with Crippen molar-refractivity contribution in [2.75, 3.05) is 0 Å². The summed E-state index contributed by atoms with van der Waals surface area (Å²) in [4.78, 5) is 4.30. The fraction of sp³-hybridized carbons (Fsp3) is 0.100. The van der Waals surface area contributed by atoms with E-state index in [2.05, 4.69) is 36.8 Å². The van der Waals surface area contributed by atoms with E-state index >= 15 is 0 Å². The van der Waals surface area contributed by atoms with Crippen LogP contribution in [0.2, 0.25) is 5.02 Å². The lowest BCUT2D eigenvalue weighted by atomic mass is 10.1. The Morgan fingerprint density at radius 1 is 1.29 bits per heavy atom. The second-order valence-electron chi connectivity index (χ2n) is 3.04. The molecule has 0 aliphatic rings. The smallest absolute Gasteiger partial charge is 0.0744 e. The lowest BCUT2D eigenvalue weighted by Crippen LogP contribution is -1.85. The van der Waals surface area contributed by atoms with Gasteiger partial charge in [-0.05, 0) is 40.5 Å². The third-order valence-corrected chi connectivity index (χ3v) is 3.85. The van der Waals surface area contributed by atoms with Crippen molar-refractivity contribution < 1.29 is 0 Å². The normalized spacial score (nSPS) is 10.9. The zero-order chi connectivity index (χ0) is 10.3. The van der Waals surface area contributed by atoms with Crippen LogP contribution in [0.15, 0.2) is 27.3 Å².